The third-order valence-corrected chi connectivity index (χ3v) is 19.2. The van der Waals surface area contributed by atoms with Gasteiger partial charge >= 0.3 is 0 Å². The monoisotopic (exact) mass is 895 g/mol. The van der Waals surface area contributed by atoms with Crippen LogP contribution >= 0.6 is 0 Å². The van der Waals surface area contributed by atoms with E-state index in [9.17, 15) is 0 Å². The Morgan fingerprint density at radius 2 is 0.580 bits per heavy atom. The van der Waals surface area contributed by atoms with Crippen LogP contribution in [-0.2, 0) is 0 Å². The van der Waals surface area contributed by atoms with E-state index in [2.05, 4.69) is 258 Å². The standard InChI is InChI=1S/C63H41N5Si/c1-2-20-43(21-3-1)69(59-36-18-12-30-53(59)47-24-6-4-22-45(47)46-23-5-7-25-48(46)54-31-13-19-37-60(54)69)44-40-38-42(39-41-44)61-64-62(67-55-32-14-8-26-49(55)50-27-9-15-33-56(50)67)66-63(65-61)68-57-34-16-10-28-51(57)52-29-11-17-35-58(52)68/h1-41H. The summed E-state index contributed by atoms with van der Waals surface area (Å²) < 4.78 is 4.39. The fourth-order valence-electron chi connectivity index (χ4n) is 11.4. The minimum atomic E-state index is -3.14. The predicted molar refractivity (Wildman–Crippen MR) is 287 cm³/mol. The summed E-state index contributed by atoms with van der Waals surface area (Å²) in [5.74, 6) is 1.72. The van der Waals surface area contributed by atoms with E-state index < -0.39 is 8.07 Å². The van der Waals surface area contributed by atoms with Crippen LogP contribution in [0.3, 0.4) is 0 Å². The number of aromatic nitrogens is 5. The van der Waals surface area contributed by atoms with Gasteiger partial charge in [0.05, 0.1) is 22.1 Å². The molecule has 14 rings (SSSR count). The van der Waals surface area contributed by atoms with Gasteiger partial charge in [0.1, 0.15) is 0 Å². The average molecular weight is 896 g/mol. The van der Waals surface area contributed by atoms with Gasteiger partial charge in [0, 0.05) is 27.1 Å². The third-order valence-electron chi connectivity index (χ3n) is 14.3. The molecule has 0 bridgehead atoms. The van der Waals surface area contributed by atoms with Crippen molar-refractivity contribution in [2.45, 2.75) is 0 Å². The van der Waals surface area contributed by atoms with Crippen molar-refractivity contribution < 1.29 is 0 Å². The van der Waals surface area contributed by atoms with Crippen LogP contribution in [0.15, 0.2) is 249 Å². The van der Waals surface area contributed by atoms with E-state index in [1.165, 1.54) is 54.1 Å². The van der Waals surface area contributed by atoms with Gasteiger partial charge in [-0.25, -0.2) is 0 Å². The average Bonchev–Trinajstić information content (AvgIpc) is 3.96. The number of fused-ring (bicyclic) bond motifs is 13. The molecule has 0 saturated carbocycles. The van der Waals surface area contributed by atoms with Crippen LogP contribution < -0.4 is 20.7 Å². The summed E-state index contributed by atoms with van der Waals surface area (Å²) in [4.78, 5) is 16.3. The Morgan fingerprint density at radius 1 is 0.261 bits per heavy atom. The van der Waals surface area contributed by atoms with E-state index in [1.54, 1.807) is 0 Å². The molecule has 0 N–H and O–H groups in total. The Labute approximate surface area is 399 Å². The molecular formula is C63H41N5Si. The molecule has 0 radical (unpaired) electrons. The van der Waals surface area contributed by atoms with Gasteiger partial charge in [-0.15, -0.1) is 0 Å². The molecule has 3 aromatic heterocycles. The molecule has 5 nitrogen and oxygen atoms in total. The first-order chi connectivity index (χ1) is 34.3. The summed E-state index contributed by atoms with van der Waals surface area (Å²) in [5, 5.41) is 9.87. The van der Waals surface area contributed by atoms with E-state index in [1.807, 2.05) is 0 Å². The predicted octanol–water partition coefficient (Wildman–Crippen LogP) is 12.4. The van der Waals surface area contributed by atoms with Crippen LogP contribution in [0, 0.1) is 0 Å². The first-order valence-corrected chi connectivity index (χ1v) is 25.5. The van der Waals surface area contributed by atoms with E-state index >= 15 is 0 Å². The molecule has 0 atom stereocenters. The maximum absolute atomic E-state index is 5.43. The van der Waals surface area contributed by atoms with E-state index in [-0.39, 0.29) is 0 Å². The van der Waals surface area contributed by atoms with Crippen molar-refractivity contribution in [1.29, 1.82) is 0 Å². The van der Waals surface area contributed by atoms with Crippen LogP contribution in [0.5, 0.6) is 0 Å². The number of hydrogen-bond acceptors (Lipinski definition) is 3. The molecule has 10 aromatic carbocycles. The molecule has 4 heterocycles. The molecule has 1 aliphatic heterocycles. The van der Waals surface area contributed by atoms with Crippen molar-refractivity contribution in [1.82, 2.24) is 24.1 Å². The second-order valence-corrected chi connectivity index (χ2v) is 21.6. The van der Waals surface area contributed by atoms with Gasteiger partial charge in [-0.05, 0) is 78.4 Å². The smallest absolute Gasteiger partial charge is 0.240 e. The fraction of sp³-hybridized carbons (Fsp3) is 0. The van der Waals surface area contributed by atoms with Crippen LogP contribution in [0.1, 0.15) is 0 Å². The summed E-state index contributed by atoms with van der Waals surface area (Å²) in [7, 11) is -3.14. The van der Waals surface area contributed by atoms with Crippen LogP contribution in [0.25, 0.3) is 100 Å². The van der Waals surface area contributed by atoms with E-state index in [0.29, 0.717) is 17.7 Å². The molecule has 0 saturated heterocycles. The van der Waals surface area contributed by atoms with Crippen LogP contribution in [0.4, 0.5) is 0 Å². The summed E-state index contributed by atoms with van der Waals surface area (Å²) in [6, 6.07) is 90.7. The molecule has 0 aliphatic carbocycles. The van der Waals surface area contributed by atoms with Crippen molar-refractivity contribution >= 4 is 72.4 Å². The minimum absolute atomic E-state index is 0.560. The van der Waals surface area contributed by atoms with Crippen molar-refractivity contribution in [3.05, 3.63) is 249 Å². The molecule has 6 heteroatoms. The number of nitrogens with zero attached hydrogens (tertiary/aromatic N) is 5. The van der Waals surface area contributed by atoms with Crippen molar-refractivity contribution in [3.63, 3.8) is 0 Å². The van der Waals surface area contributed by atoms with Crippen molar-refractivity contribution in [3.8, 4) is 56.7 Å². The van der Waals surface area contributed by atoms with Crippen LogP contribution in [-0.4, -0.2) is 32.2 Å². The third kappa shape index (κ3) is 5.86. The summed E-state index contributed by atoms with van der Waals surface area (Å²) in [5.41, 5.74) is 12.5. The SMILES string of the molecule is c1ccc([Si]2(c3ccc(-c4nc(-n5c6ccccc6c6ccccc65)nc(-n5c6ccccc6c6ccccc65)n4)cc3)c3ccccc3-c3ccccc3-c3ccccc3-c3ccccc32)cc1. The van der Waals surface area contributed by atoms with Crippen LogP contribution in [0.2, 0.25) is 0 Å². The highest BCUT2D eigenvalue weighted by Gasteiger charge is 2.45. The second-order valence-electron chi connectivity index (χ2n) is 17.9. The largest absolute Gasteiger partial charge is 0.278 e. The zero-order chi connectivity index (χ0) is 45.5. The summed E-state index contributed by atoms with van der Waals surface area (Å²) >= 11 is 0. The summed E-state index contributed by atoms with van der Waals surface area (Å²) in [6.07, 6.45) is 0. The molecular weight excluding hydrogens is 855 g/mol. The maximum Gasteiger partial charge on any atom is 0.240 e. The lowest BCUT2D eigenvalue weighted by atomic mass is 9.89. The Kier molecular flexibility index (Phi) is 8.84. The Balaban J connectivity index is 1.05. The Morgan fingerprint density at radius 3 is 1.00 bits per heavy atom. The van der Waals surface area contributed by atoms with Gasteiger partial charge in [0.15, 0.2) is 13.9 Å². The lowest BCUT2D eigenvalue weighted by molar-refractivity contribution is 0.893. The molecule has 69 heavy (non-hydrogen) atoms. The second kappa shape index (κ2) is 15.6. The molecule has 0 spiro atoms. The van der Waals surface area contributed by atoms with Gasteiger partial charge in [-0.1, -0.05) is 224 Å². The highest BCUT2D eigenvalue weighted by atomic mass is 28.3. The van der Waals surface area contributed by atoms with Gasteiger partial charge in [0.2, 0.25) is 11.9 Å². The molecule has 0 fully saturated rings. The molecule has 0 unspecified atom stereocenters. The highest BCUT2D eigenvalue weighted by molar-refractivity contribution is 7.21. The molecule has 322 valence electrons. The van der Waals surface area contributed by atoms with Crippen molar-refractivity contribution in [2.24, 2.45) is 0 Å². The number of para-hydroxylation sites is 4. The summed E-state index contributed by atoms with van der Waals surface area (Å²) in [6.45, 7) is 0. The number of rotatable bonds is 5. The zero-order valence-corrected chi connectivity index (χ0v) is 38.4. The number of hydrogen-bond donors (Lipinski definition) is 0. The maximum atomic E-state index is 5.43. The topological polar surface area (TPSA) is 48.5 Å². The lowest BCUT2D eigenvalue weighted by Crippen LogP contribution is -2.75. The normalized spacial score (nSPS) is 12.8. The minimum Gasteiger partial charge on any atom is -0.278 e. The van der Waals surface area contributed by atoms with Gasteiger partial charge in [-0.3, -0.25) is 9.13 Å². The van der Waals surface area contributed by atoms with Gasteiger partial charge in [-0.2, -0.15) is 15.0 Å². The zero-order valence-electron chi connectivity index (χ0n) is 37.4. The van der Waals surface area contributed by atoms with E-state index in [4.69, 9.17) is 15.0 Å². The quantitative estimate of drug-likeness (QED) is 0.162. The Hall–Kier alpha value is -8.97. The van der Waals surface area contributed by atoms with Gasteiger partial charge in [0.25, 0.3) is 0 Å². The first kappa shape index (κ1) is 39.2. The van der Waals surface area contributed by atoms with Crippen molar-refractivity contribution in [2.75, 3.05) is 0 Å². The Bertz CT molecular complexity index is 3820. The van der Waals surface area contributed by atoms with E-state index in [0.717, 1.165) is 49.2 Å². The molecule has 1 aliphatic rings. The fourth-order valence-corrected chi connectivity index (χ4v) is 16.6. The highest BCUT2D eigenvalue weighted by Crippen LogP contribution is 2.40. The molecule has 13 aromatic rings. The lowest BCUT2D eigenvalue weighted by Gasteiger charge is -2.37. The number of benzene rings is 10. The van der Waals surface area contributed by atoms with Gasteiger partial charge < -0.3 is 0 Å². The molecule has 0 amide bonds. The first-order valence-electron chi connectivity index (χ1n) is 23.5.